The zero-order chi connectivity index (χ0) is 21.5. The maximum Gasteiger partial charge on any atom is 0.226 e. The van der Waals surface area contributed by atoms with Crippen LogP contribution in [-0.2, 0) is 4.79 Å². The van der Waals surface area contributed by atoms with Gasteiger partial charge in [0.1, 0.15) is 17.3 Å². The minimum absolute atomic E-state index is 0.0387. The van der Waals surface area contributed by atoms with E-state index in [4.69, 9.17) is 19.6 Å². The third kappa shape index (κ3) is 3.42. The summed E-state index contributed by atoms with van der Waals surface area (Å²) in [4.78, 5) is 17.4. The number of anilines is 1. The van der Waals surface area contributed by atoms with Crippen LogP contribution in [0.15, 0.2) is 42.5 Å². The number of thiazole rings is 1. The molecule has 0 radical (unpaired) electrons. The van der Waals surface area contributed by atoms with Crippen LogP contribution in [0.5, 0.6) is 11.5 Å². The monoisotopic (exact) mass is 434 g/mol. The van der Waals surface area contributed by atoms with Crippen molar-refractivity contribution in [2.45, 2.75) is 26.2 Å². The number of amides is 1. The van der Waals surface area contributed by atoms with E-state index in [1.54, 1.807) is 11.8 Å². The predicted molar refractivity (Wildman–Crippen MR) is 121 cm³/mol. The van der Waals surface area contributed by atoms with E-state index in [0.29, 0.717) is 24.0 Å². The number of carbonyl (C=O) groups is 1. The fourth-order valence-corrected chi connectivity index (χ4v) is 5.02. The first kappa shape index (κ1) is 19.6. The zero-order valence-electron chi connectivity index (χ0n) is 17.5. The second kappa shape index (κ2) is 7.70. The average molecular weight is 435 g/mol. The van der Waals surface area contributed by atoms with Crippen LogP contribution in [0.2, 0.25) is 0 Å². The standard InChI is InChI=1S/C23H22N4O3S/c1-4-30-16-7-5-6-14(10-16)17-12-20(28)25-22-21(17)13(2)26-27(22)23-24-18-9-8-15(29-3)11-19(18)31-23/h5-11,17H,4,12H2,1-3H3,(H,25,28)/t17-/m0/s1. The van der Waals surface area contributed by atoms with E-state index in [-0.39, 0.29) is 11.8 Å². The number of aromatic nitrogens is 3. The predicted octanol–water partition coefficient (Wildman–Crippen LogP) is 4.67. The quantitative estimate of drug-likeness (QED) is 0.494. The molecule has 1 aliphatic rings. The number of hydrogen-bond donors (Lipinski definition) is 1. The minimum atomic E-state index is -0.0904. The highest BCUT2D eigenvalue weighted by Gasteiger charge is 2.33. The first-order valence-electron chi connectivity index (χ1n) is 10.1. The highest BCUT2D eigenvalue weighted by atomic mass is 32.1. The van der Waals surface area contributed by atoms with E-state index in [0.717, 1.165) is 38.5 Å². The molecule has 7 nitrogen and oxygen atoms in total. The Morgan fingerprint density at radius 2 is 2.10 bits per heavy atom. The van der Waals surface area contributed by atoms with Crippen LogP contribution in [0.3, 0.4) is 0 Å². The van der Waals surface area contributed by atoms with Gasteiger partial charge in [0, 0.05) is 17.9 Å². The summed E-state index contributed by atoms with van der Waals surface area (Å²) in [6, 6.07) is 13.7. The summed E-state index contributed by atoms with van der Waals surface area (Å²) < 4.78 is 13.7. The lowest BCUT2D eigenvalue weighted by Gasteiger charge is -2.24. The van der Waals surface area contributed by atoms with Gasteiger partial charge in [0.05, 0.1) is 29.6 Å². The highest BCUT2D eigenvalue weighted by Crippen LogP contribution is 2.41. The molecule has 3 heterocycles. The molecule has 1 N–H and O–H groups in total. The Labute approximate surface area is 183 Å². The van der Waals surface area contributed by atoms with Gasteiger partial charge in [-0.3, -0.25) is 4.79 Å². The van der Waals surface area contributed by atoms with Crippen molar-refractivity contribution in [2.75, 3.05) is 19.0 Å². The van der Waals surface area contributed by atoms with E-state index >= 15 is 0 Å². The molecule has 158 valence electrons. The summed E-state index contributed by atoms with van der Waals surface area (Å²) >= 11 is 1.51. The van der Waals surface area contributed by atoms with Crippen molar-refractivity contribution in [3.05, 3.63) is 59.3 Å². The van der Waals surface area contributed by atoms with E-state index < -0.39 is 0 Å². The summed E-state index contributed by atoms with van der Waals surface area (Å²) in [5, 5.41) is 8.49. The molecule has 0 unspecified atom stereocenters. The lowest BCUT2D eigenvalue weighted by atomic mass is 9.86. The Morgan fingerprint density at radius 3 is 2.90 bits per heavy atom. The van der Waals surface area contributed by atoms with Crippen molar-refractivity contribution in [1.29, 1.82) is 0 Å². The number of ether oxygens (including phenoxy) is 2. The molecule has 0 saturated heterocycles. The Hall–Kier alpha value is -3.39. The van der Waals surface area contributed by atoms with Gasteiger partial charge in [0.25, 0.3) is 0 Å². The second-order valence-corrected chi connectivity index (χ2v) is 8.41. The molecular weight excluding hydrogens is 412 g/mol. The topological polar surface area (TPSA) is 78.3 Å². The second-order valence-electron chi connectivity index (χ2n) is 7.40. The molecule has 0 spiro atoms. The number of carbonyl (C=O) groups excluding carboxylic acids is 1. The van der Waals surface area contributed by atoms with Crippen molar-refractivity contribution in [1.82, 2.24) is 14.8 Å². The number of hydrogen-bond acceptors (Lipinski definition) is 6. The highest BCUT2D eigenvalue weighted by molar-refractivity contribution is 7.20. The number of nitrogens with zero attached hydrogens (tertiary/aromatic N) is 3. The average Bonchev–Trinajstić information content (AvgIpc) is 3.33. The molecule has 4 aromatic rings. The molecule has 1 aliphatic heterocycles. The molecular formula is C23H22N4O3S. The molecule has 0 saturated carbocycles. The third-order valence-corrected chi connectivity index (χ3v) is 6.43. The van der Waals surface area contributed by atoms with Gasteiger partial charge < -0.3 is 14.8 Å². The van der Waals surface area contributed by atoms with Crippen molar-refractivity contribution in [2.24, 2.45) is 0 Å². The van der Waals surface area contributed by atoms with Crippen molar-refractivity contribution in [3.8, 4) is 16.6 Å². The van der Waals surface area contributed by atoms with Crippen LogP contribution in [0.1, 0.15) is 36.1 Å². The molecule has 0 fully saturated rings. The number of benzene rings is 2. The molecule has 2 aromatic carbocycles. The lowest BCUT2D eigenvalue weighted by molar-refractivity contribution is -0.116. The van der Waals surface area contributed by atoms with E-state index in [2.05, 4.69) is 5.32 Å². The number of nitrogens with one attached hydrogen (secondary N) is 1. The molecule has 2 aromatic heterocycles. The van der Waals surface area contributed by atoms with E-state index in [1.165, 1.54) is 11.3 Å². The SMILES string of the molecule is CCOc1cccc([C@@H]2CC(=O)Nc3c2c(C)nn3-c2nc3ccc(OC)cc3s2)c1. The maximum absolute atomic E-state index is 12.7. The van der Waals surface area contributed by atoms with Crippen LogP contribution < -0.4 is 14.8 Å². The Kier molecular flexibility index (Phi) is 4.86. The number of rotatable bonds is 5. The lowest BCUT2D eigenvalue weighted by Crippen LogP contribution is -2.25. The van der Waals surface area contributed by atoms with Crippen molar-refractivity contribution < 1.29 is 14.3 Å². The van der Waals surface area contributed by atoms with Crippen molar-refractivity contribution in [3.63, 3.8) is 0 Å². The third-order valence-electron chi connectivity index (χ3n) is 5.44. The van der Waals surface area contributed by atoms with E-state index in [9.17, 15) is 4.79 Å². The van der Waals surface area contributed by atoms with Crippen LogP contribution >= 0.6 is 11.3 Å². The summed E-state index contributed by atoms with van der Waals surface area (Å²) in [6.07, 6.45) is 0.367. The summed E-state index contributed by atoms with van der Waals surface area (Å²) in [6.45, 7) is 4.53. The molecule has 0 aliphatic carbocycles. The van der Waals surface area contributed by atoms with Crippen LogP contribution in [0.25, 0.3) is 15.3 Å². The molecule has 1 atom stereocenters. The number of methoxy groups -OCH3 is 1. The number of fused-ring (bicyclic) bond motifs is 2. The summed E-state index contributed by atoms with van der Waals surface area (Å²) in [5.74, 6) is 2.14. The largest absolute Gasteiger partial charge is 0.497 e. The van der Waals surface area contributed by atoms with Gasteiger partial charge in [-0.25, -0.2) is 4.98 Å². The van der Waals surface area contributed by atoms with Gasteiger partial charge in [0.15, 0.2) is 0 Å². The maximum atomic E-state index is 12.7. The van der Waals surface area contributed by atoms with Gasteiger partial charge in [0.2, 0.25) is 11.0 Å². The van der Waals surface area contributed by atoms with Crippen LogP contribution in [-0.4, -0.2) is 34.4 Å². The normalized spacial score (nSPS) is 15.6. The van der Waals surface area contributed by atoms with Gasteiger partial charge >= 0.3 is 0 Å². The summed E-state index contributed by atoms with van der Waals surface area (Å²) in [7, 11) is 1.65. The van der Waals surface area contributed by atoms with Crippen molar-refractivity contribution >= 4 is 33.3 Å². The molecule has 5 rings (SSSR count). The van der Waals surface area contributed by atoms with Gasteiger partial charge in [-0.15, -0.1) is 0 Å². The Balaban J connectivity index is 1.61. The van der Waals surface area contributed by atoms with Crippen LogP contribution in [0, 0.1) is 6.92 Å². The molecule has 1 amide bonds. The van der Waals surface area contributed by atoms with Gasteiger partial charge in [-0.2, -0.15) is 9.78 Å². The summed E-state index contributed by atoms with van der Waals surface area (Å²) in [5.41, 5.74) is 3.80. The van der Waals surface area contributed by atoms with Crippen LogP contribution in [0.4, 0.5) is 5.82 Å². The number of aryl methyl sites for hydroxylation is 1. The fraction of sp³-hybridized carbons (Fsp3) is 0.261. The molecule has 31 heavy (non-hydrogen) atoms. The van der Waals surface area contributed by atoms with Gasteiger partial charge in [-0.1, -0.05) is 23.5 Å². The smallest absolute Gasteiger partial charge is 0.226 e. The van der Waals surface area contributed by atoms with E-state index in [1.807, 2.05) is 56.3 Å². The molecule has 0 bridgehead atoms. The zero-order valence-corrected chi connectivity index (χ0v) is 18.3. The first-order valence-corrected chi connectivity index (χ1v) is 11.0. The fourth-order valence-electron chi connectivity index (χ4n) is 4.07. The molecule has 8 heteroatoms. The minimum Gasteiger partial charge on any atom is -0.497 e. The first-order chi connectivity index (χ1) is 15.1. The van der Waals surface area contributed by atoms with Gasteiger partial charge in [-0.05, 0) is 49.7 Å². The Bertz CT molecular complexity index is 1290. The Morgan fingerprint density at radius 1 is 1.23 bits per heavy atom.